The lowest BCUT2D eigenvalue weighted by atomic mass is 9.91. The maximum Gasteiger partial charge on any atom is 0.305 e. The zero-order valence-corrected chi connectivity index (χ0v) is 64.2. The molecule has 0 aromatic heterocycles. The molecule has 5 aromatic carbocycles. The fourth-order valence-electron chi connectivity index (χ4n) is 9.24. The predicted octanol–water partition coefficient (Wildman–Crippen LogP) is 18.2. The Morgan fingerprint density at radius 3 is 1.42 bits per heavy atom. The molecule has 4 aliphatic heterocycles. The fraction of sp³-hybridized carbons (Fsp3) is 0.551. The summed E-state index contributed by atoms with van der Waals surface area (Å²) in [6, 6.07) is 49.2. The predicted molar refractivity (Wildman–Crippen MR) is 410 cm³/mol. The molecule has 9 rings (SSSR count). The number of benzene rings is 5. The minimum Gasteiger partial charge on any atom is -0.469 e. The zero-order valence-electron chi connectivity index (χ0n) is 64.2. The van der Waals surface area contributed by atoms with Crippen LogP contribution in [0.2, 0.25) is 0 Å². The van der Waals surface area contributed by atoms with E-state index in [4.69, 9.17) is 10.9 Å². The number of hydrogen-bond acceptors (Lipinski definition) is 15. The van der Waals surface area contributed by atoms with Crippen LogP contribution in [0.4, 0.5) is 0 Å². The topological polar surface area (TPSA) is 274 Å². The summed E-state index contributed by atoms with van der Waals surface area (Å²) in [4.78, 5) is 65.2. The summed E-state index contributed by atoms with van der Waals surface area (Å²) in [6.07, 6.45) is 7.55. The number of esters is 1. The number of rotatable bonds is 11. The van der Waals surface area contributed by atoms with Crippen molar-refractivity contribution in [2.24, 2.45) is 10.9 Å². The van der Waals surface area contributed by atoms with Crippen LogP contribution in [0.25, 0.3) is 0 Å². The molecule has 7 N–H and O–H groups in total. The van der Waals surface area contributed by atoms with Crippen LogP contribution in [0.3, 0.4) is 0 Å². The molecule has 7 atom stereocenters. The molecular weight excluding hydrogens is 1220 g/mol. The summed E-state index contributed by atoms with van der Waals surface area (Å²) >= 11 is 0. The van der Waals surface area contributed by atoms with Crippen molar-refractivity contribution < 1.29 is 39.0 Å². The van der Waals surface area contributed by atoms with Crippen molar-refractivity contribution in [2.75, 3.05) is 40.8 Å². The maximum absolute atomic E-state index is 11.3. The lowest BCUT2D eigenvalue weighted by molar-refractivity contribution is -0.529. The van der Waals surface area contributed by atoms with Gasteiger partial charge >= 0.3 is 5.97 Å². The van der Waals surface area contributed by atoms with E-state index in [1.807, 2.05) is 211 Å². The van der Waals surface area contributed by atoms with Gasteiger partial charge in [-0.15, -0.1) is 0 Å². The highest BCUT2D eigenvalue weighted by molar-refractivity contribution is 5.99. The summed E-state index contributed by atoms with van der Waals surface area (Å²) < 4.78 is 4.27. The minimum atomic E-state index is -0.722. The first kappa shape index (κ1) is 103. The first-order valence-electron chi connectivity index (χ1n) is 36.0. The molecule has 4 saturated heterocycles. The SMILES string of the molecule is CC.CC.CC.CC.CC.CC.CC.CC.CC.CC.CNC1CCCN(C)C1c1ccccc1.COC(=O)CCC[N+](=O)[O-].NC1CCCNC1c1ccccc1.O=C1CC/C(=N/O)C(c2ccccc2)N1.O=C1CCC([N+](=O)[O-])C(c2ccccc2)N1.O=Cc1ccccc1. The molecule has 0 spiro atoms. The van der Waals surface area contributed by atoms with E-state index >= 15 is 0 Å². The number of oxime groups is 1. The lowest BCUT2D eigenvalue weighted by Crippen LogP contribution is -2.45. The molecule has 4 heterocycles. The molecule has 0 saturated carbocycles. The Morgan fingerprint density at radius 1 is 0.608 bits per heavy atom. The number of carbonyl (C=O) groups excluding carboxylic acids is 4. The van der Waals surface area contributed by atoms with Crippen molar-refractivity contribution in [2.45, 2.75) is 245 Å². The number of ether oxygens (including phenoxy) is 1. The number of piperidine rings is 4. The van der Waals surface area contributed by atoms with Gasteiger partial charge in [0.25, 0.3) is 0 Å². The van der Waals surface area contributed by atoms with Crippen LogP contribution in [0.5, 0.6) is 0 Å². The van der Waals surface area contributed by atoms with Crippen LogP contribution in [-0.4, -0.2) is 109 Å². The van der Waals surface area contributed by atoms with Crippen LogP contribution < -0.4 is 27.0 Å². The van der Waals surface area contributed by atoms with Gasteiger partial charge in [0, 0.05) is 71.7 Å². The number of carbonyl (C=O) groups is 4. The highest BCUT2D eigenvalue weighted by Gasteiger charge is 2.38. The Kier molecular flexibility index (Phi) is 80.2. The smallest absolute Gasteiger partial charge is 0.305 e. The van der Waals surface area contributed by atoms with Gasteiger partial charge in [-0.2, -0.15) is 0 Å². The number of nitro groups is 2. The molecule has 5 aromatic rings. The highest BCUT2D eigenvalue weighted by atomic mass is 16.6. The second-order valence-corrected chi connectivity index (χ2v) is 18.6. The number of likely N-dealkylation sites (N-methyl/N-ethyl adjacent to an activating group) is 2. The van der Waals surface area contributed by atoms with Gasteiger partial charge in [0.15, 0.2) is 0 Å². The molecule has 19 heteroatoms. The molecular formula is C78H135N9O10. The number of nitrogens with one attached hydrogen (secondary N) is 4. The third kappa shape index (κ3) is 47.8. The standard InChI is InChI=1S/C13H20N2.C11H12N2O3.C11H12N2O2.C11H16N2.C7H6O.C5H9NO4.10C2H6/c1-14-12-9-6-10-15(2)13(12)11-7-4-3-5-8-11;14-10-7-6-9(13(15)16)11(12-10)8-4-2-1-3-5-8;14-10-7-6-9(13-15)11(12-10)8-4-2-1-3-5-8;12-10-7-4-8-13-11(10)9-5-2-1-3-6-9;8-6-7-4-2-1-3-5-7;1-10-5(7)3-2-4-6(8)9;10*1-2/h3-5,7-8,12-14H,6,9-10H2,1-2H3;1-5,9,11H,6-7H2,(H,12,14);1-5,11,15H,6-7H2,(H,12,14);1-3,5-6,10-11,13H,4,7-8,12H2;1-6H;2-4H2,1H3;10*1-2H3/b;;13-9-;;;;;;;;;;;;;. The van der Waals surface area contributed by atoms with E-state index in [-0.39, 0.29) is 54.6 Å². The first-order chi connectivity index (χ1) is 47.3. The average molecular weight is 1360 g/mol. The number of amides is 2. The van der Waals surface area contributed by atoms with Gasteiger partial charge in [-0.1, -0.05) is 295 Å². The Balaban J connectivity index is -0.000000192. The Hall–Kier alpha value is -7.71. The largest absolute Gasteiger partial charge is 0.469 e. The van der Waals surface area contributed by atoms with Gasteiger partial charge in [-0.05, 0) is 75.1 Å². The van der Waals surface area contributed by atoms with Crippen LogP contribution >= 0.6 is 0 Å². The molecule has 0 radical (unpaired) electrons. The van der Waals surface area contributed by atoms with E-state index in [0.717, 1.165) is 35.9 Å². The van der Waals surface area contributed by atoms with Crippen LogP contribution in [-0.2, 0) is 19.1 Å². The van der Waals surface area contributed by atoms with Crippen LogP contribution in [0.15, 0.2) is 157 Å². The third-order valence-electron chi connectivity index (χ3n) is 13.3. The summed E-state index contributed by atoms with van der Waals surface area (Å²) in [5.74, 6) is -0.523. The Morgan fingerprint density at radius 2 is 1.03 bits per heavy atom. The monoisotopic (exact) mass is 1360 g/mol. The molecule has 4 fully saturated rings. The van der Waals surface area contributed by atoms with E-state index in [2.05, 4.69) is 105 Å². The quantitative estimate of drug-likeness (QED) is 0.0236. The fourth-order valence-corrected chi connectivity index (χ4v) is 9.24. The van der Waals surface area contributed by atoms with E-state index in [1.165, 1.54) is 44.0 Å². The molecule has 97 heavy (non-hydrogen) atoms. The van der Waals surface area contributed by atoms with Gasteiger partial charge in [0.05, 0.1) is 25.3 Å². The second kappa shape index (κ2) is 75.7. The van der Waals surface area contributed by atoms with Crippen molar-refractivity contribution in [3.05, 3.63) is 200 Å². The van der Waals surface area contributed by atoms with Gasteiger partial charge in [0.1, 0.15) is 12.3 Å². The summed E-state index contributed by atoms with van der Waals surface area (Å²) in [5.41, 5.74) is 11.9. The third-order valence-corrected chi connectivity index (χ3v) is 13.3. The van der Waals surface area contributed by atoms with Crippen molar-refractivity contribution in [1.82, 2.24) is 26.2 Å². The van der Waals surface area contributed by atoms with Gasteiger partial charge < -0.3 is 36.9 Å². The number of nitrogens with zero attached hydrogens (tertiary/aromatic N) is 4. The lowest BCUT2D eigenvalue weighted by Gasteiger charge is -2.39. The highest BCUT2D eigenvalue weighted by Crippen LogP contribution is 2.30. The molecule has 0 aliphatic carbocycles. The average Bonchev–Trinajstić information content (AvgIpc) is 0.897. The van der Waals surface area contributed by atoms with E-state index in [1.54, 1.807) is 24.3 Å². The number of likely N-dealkylation sites (tertiary alicyclic amines) is 1. The van der Waals surface area contributed by atoms with E-state index in [0.29, 0.717) is 43.1 Å². The van der Waals surface area contributed by atoms with Crippen LogP contribution in [0.1, 0.15) is 259 Å². The molecule has 2 amide bonds. The van der Waals surface area contributed by atoms with Gasteiger partial charge in [-0.3, -0.25) is 44.3 Å². The minimum absolute atomic E-state index is 0.00347. The van der Waals surface area contributed by atoms with Crippen LogP contribution in [0, 0.1) is 20.2 Å². The van der Waals surface area contributed by atoms with Gasteiger partial charge in [0.2, 0.25) is 24.4 Å². The Labute approximate surface area is 588 Å². The van der Waals surface area contributed by atoms with Crippen molar-refractivity contribution in [3.63, 3.8) is 0 Å². The normalized spacial score (nSPS) is 18.2. The first-order valence-corrected chi connectivity index (χ1v) is 36.0. The van der Waals surface area contributed by atoms with Crippen molar-refractivity contribution >= 4 is 29.8 Å². The zero-order chi connectivity index (χ0) is 75.8. The number of aldehydes is 1. The summed E-state index contributed by atoms with van der Waals surface area (Å²) in [7, 11) is 5.55. The molecule has 552 valence electrons. The van der Waals surface area contributed by atoms with Crippen molar-refractivity contribution in [1.29, 1.82) is 0 Å². The molecule has 19 nitrogen and oxygen atoms in total. The molecule has 0 bridgehead atoms. The Bertz CT molecular complexity index is 2560. The van der Waals surface area contributed by atoms with Gasteiger partial charge in [-0.25, -0.2) is 0 Å². The maximum atomic E-state index is 11.3. The van der Waals surface area contributed by atoms with E-state index < -0.39 is 23.0 Å². The molecule has 4 aliphatic rings. The second-order valence-electron chi connectivity index (χ2n) is 18.6. The number of nitrogens with two attached hydrogens (primary N) is 1. The summed E-state index contributed by atoms with van der Waals surface area (Å²) in [5, 5.41) is 45.1. The number of methoxy groups -OCH3 is 1. The number of hydrogen-bond donors (Lipinski definition) is 6. The van der Waals surface area contributed by atoms with E-state index in [9.17, 15) is 39.4 Å². The van der Waals surface area contributed by atoms with Crippen molar-refractivity contribution in [3.8, 4) is 0 Å². The molecule has 7 unspecified atom stereocenters. The summed E-state index contributed by atoms with van der Waals surface area (Å²) in [6.45, 7) is 42.1.